The Hall–Kier alpha value is -1.29. The van der Waals surface area contributed by atoms with E-state index in [1.165, 1.54) is 6.08 Å². The van der Waals surface area contributed by atoms with Gasteiger partial charge in [-0.1, -0.05) is 18.2 Å². The molecule has 14 heavy (non-hydrogen) atoms. The van der Waals surface area contributed by atoms with E-state index in [1.54, 1.807) is 12.1 Å². The fraction of sp³-hybridized carbons (Fsp3) is 0. The molecule has 0 aliphatic carbocycles. The van der Waals surface area contributed by atoms with E-state index in [1.807, 2.05) is 18.2 Å². The van der Waals surface area contributed by atoms with Crippen LogP contribution >= 0.6 is 7.82 Å². The first kappa shape index (κ1) is 12.7. The number of isocyanates is 1. The summed E-state index contributed by atoms with van der Waals surface area (Å²) in [5.74, 6) is 0. The zero-order chi connectivity index (χ0) is 11.0. The summed E-state index contributed by atoms with van der Waals surface area (Å²) in [6, 6.07) is 8.98. The zero-order valence-corrected chi connectivity index (χ0v) is 7.83. The fourth-order valence-corrected chi connectivity index (χ4v) is 0.555. The third kappa shape index (κ3) is 10.7. The summed E-state index contributed by atoms with van der Waals surface area (Å²) in [4.78, 5) is 34.6. The Balaban J connectivity index is 0.000000292. The SMILES string of the molecule is O=C=Nc1ccccc1.O=P(O)(O)O. The lowest BCUT2D eigenvalue weighted by Crippen LogP contribution is -1.66. The molecule has 1 aromatic rings. The number of benzene rings is 1. The molecule has 7 heteroatoms. The number of rotatable bonds is 1. The number of aliphatic imine (C=N–C) groups is 1. The van der Waals surface area contributed by atoms with E-state index in [0.717, 1.165) is 0 Å². The van der Waals surface area contributed by atoms with Gasteiger partial charge in [0.25, 0.3) is 0 Å². The summed E-state index contributed by atoms with van der Waals surface area (Å²) in [6.45, 7) is 0. The van der Waals surface area contributed by atoms with Crippen LogP contribution < -0.4 is 0 Å². The van der Waals surface area contributed by atoms with Crippen molar-refractivity contribution in [2.24, 2.45) is 4.99 Å². The molecule has 0 amide bonds. The molecule has 0 saturated carbocycles. The largest absolute Gasteiger partial charge is 0.466 e. The van der Waals surface area contributed by atoms with Crippen molar-refractivity contribution in [3.8, 4) is 0 Å². The Morgan fingerprint density at radius 2 is 1.57 bits per heavy atom. The van der Waals surface area contributed by atoms with Crippen LogP contribution in [0, 0.1) is 0 Å². The number of phosphoric acid groups is 1. The number of para-hydroxylation sites is 1. The van der Waals surface area contributed by atoms with Gasteiger partial charge in [-0.15, -0.1) is 0 Å². The minimum atomic E-state index is -4.64. The first-order valence-corrected chi connectivity index (χ1v) is 4.91. The van der Waals surface area contributed by atoms with Crippen LogP contribution in [0.25, 0.3) is 0 Å². The molecule has 0 aliphatic heterocycles. The van der Waals surface area contributed by atoms with Crippen molar-refractivity contribution >= 4 is 19.6 Å². The van der Waals surface area contributed by atoms with E-state index in [2.05, 4.69) is 4.99 Å². The summed E-state index contributed by atoms with van der Waals surface area (Å²) in [5.41, 5.74) is 0.646. The lowest BCUT2D eigenvalue weighted by molar-refractivity contribution is 0.275. The van der Waals surface area contributed by atoms with E-state index < -0.39 is 7.82 Å². The van der Waals surface area contributed by atoms with Crippen LogP contribution in [-0.2, 0) is 9.36 Å². The molecule has 1 aromatic carbocycles. The van der Waals surface area contributed by atoms with Crippen molar-refractivity contribution in [1.29, 1.82) is 0 Å². The molecular weight excluding hydrogens is 209 g/mol. The first-order valence-electron chi connectivity index (χ1n) is 3.34. The minimum Gasteiger partial charge on any atom is -0.303 e. The molecule has 0 atom stereocenters. The summed E-state index contributed by atoms with van der Waals surface area (Å²) in [7, 11) is -4.64. The molecule has 0 fully saturated rings. The van der Waals surface area contributed by atoms with Gasteiger partial charge in [-0.3, -0.25) is 0 Å². The second-order valence-corrected chi connectivity index (χ2v) is 3.08. The molecule has 0 unspecified atom stereocenters. The van der Waals surface area contributed by atoms with Gasteiger partial charge in [0.1, 0.15) is 0 Å². The summed E-state index contributed by atoms with van der Waals surface area (Å²) < 4.78 is 8.88. The Kier molecular flexibility index (Phi) is 5.64. The molecule has 1 rings (SSSR count). The molecule has 0 spiro atoms. The zero-order valence-electron chi connectivity index (χ0n) is 6.94. The molecular formula is C7H8NO5P. The Labute approximate surface area is 79.8 Å². The number of hydrogen-bond donors (Lipinski definition) is 3. The molecule has 0 radical (unpaired) electrons. The van der Waals surface area contributed by atoms with Crippen molar-refractivity contribution in [1.82, 2.24) is 0 Å². The van der Waals surface area contributed by atoms with Gasteiger partial charge < -0.3 is 14.7 Å². The number of nitrogens with zero attached hydrogens (tertiary/aromatic N) is 1. The fourth-order valence-electron chi connectivity index (χ4n) is 0.555. The van der Waals surface area contributed by atoms with Crippen LogP contribution in [0.3, 0.4) is 0 Å². The van der Waals surface area contributed by atoms with Gasteiger partial charge in [0, 0.05) is 0 Å². The van der Waals surface area contributed by atoms with E-state index in [9.17, 15) is 4.79 Å². The maximum Gasteiger partial charge on any atom is 0.466 e. The van der Waals surface area contributed by atoms with Crippen molar-refractivity contribution in [3.05, 3.63) is 30.3 Å². The van der Waals surface area contributed by atoms with Crippen molar-refractivity contribution in [3.63, 3.8) is 0 Å². The average Bonchev–Trinajstić information content (AvgIpc) is 2.03. The number of carbonyl (C=O) groups excluding carboxylic acids is 1. The van der Waals surface area contributed by atoms with Crippen molar-refractivity contribution < 1.29 is 24.0 Å². The number of hydrogen-bond acceptors (Lipinski definition) is 3. The lowest BCUT2D eigenvalue weighted by atomic mass is 10.3. The Morgan fingerprint density at radius 3 is 1.93 bits per heavy atom. The van der Waals surface area contributed by atoms with Gasteiger partial charge in [-0.25, -0.2) is 9.36 Å². The monoisotopic (exact) mass is 217 g/mol. The van der Waals surface area contributed by atoms with E-state index >= 15 is 0 Å². The molecule has 0 saturated heterocycles. The predicted octanol–water partition coefficient (Wildman–Crippen LogP) is 0.725. The topological polar surface area (TPSA) is 107 Å². The van der Waals surface area contributed by atoms with Gasteiger partial charge >= 0.3 is 7.82 Å². The standard InChI is InChI=1S/C7H5NO.H3O4P/c9-6-8-7-4-2-1-3-5-7;1-5(2,3)4/h1-5H;(H3,1,2,3,4). The first-order chi connectivity index (χ1) is 6.43. The summed E-state index contributed by atoms with van der Waals surface area (Å²) in [5, 5.41) is 0. The Morgan fingerprint density at radius 1 is 1.14 bits per heavy atom. The van der Waals surface area contributed by atoms with Gasteiger partial charge in [-0.2, -0.15) is 4.99 Å². The maximum atomic E-state index is 9.68. The van der Waals surface area contributed by atoms with Crippen LogP contribution in [0.5, 0.6) is 0 Å². The summed E-state index contributed by atoms with van der Waals surface area (Å²) >= 11 is 0. The highest BCUT2D eigenvalue weighted by molar-refractivity contribution is 7.45. The maximum absolute atomic E-state index is 9.68. The highest BCUT2D eigenvalue weighted by Gasteiger charge is 2.00. The molecule has 3 N–H and O–H groups in total. The van der Waals surface area contributed by atoms with Crippen LogP contribution in [0.15, 0.2) is 35.3 Å². The van der Waals surface area contributed by atoms with Crippen molar-refractivity contribution in [2.75, 3.05) is 0 Å². The second-order valence-electron chi connectivity index (χ2n) is 2.05. The molecule has 0 heterocycles. The van der Waals surface area contributed by atoms with Crippen LogP contribution in [0.2, 0.25) is 0 Å². The highest BCUT2D eigenvalue weighted by Crippen LogP contribution is 2.25. The normalized spacial score (nSPS) is 9.36. The van der Waals surface area contributed by atoms with Gasteiger partial charge in [0.05, 0.1) is 5.69 Å². The van der Waals surface area contributed by atoms with Crippen LogP contribution in [0.1, 0.15) is 0 Å². The molecule has 76 valence electrons. The van der Waals surface area contributed by atoms with E-state index in [-0.39, 0.29) is 0 Å². The quantitative estimate of drug-likeness (QED) is 0.365. The average molecular weight is 217 g/mol. The van der Waals surface area contributed by atoms with Crippen LogP contribution in [-0.4, -0.2) is 20.8 Å². The van der Waals surface area contributed by atoms with Crippen LogP contribution in [0.4, 0.5) is 5.69 Å². The smallest absolute Gasteiger partial charge is 0.303 e. The predicted molar refractivity (Wildman–Crippen MR) is 48.5 cm³/mol. The molecule has 0 aliphatic rings. The van der Waals surface area contributed by atoms with Gasteiger partial charge in [0.15, 0.2) is 0 Å². The minimum absolute atomic E-state index is 0.646. The van der Waals surface area contributed by atoms with E-state index in [0.29, 0.717) is 5.69 Å². The third-order valence-corrected chi connectivity index (χ3v) is 0.931. The molecule has 6 nitrogen and oxygen atoms in total. The van der Waals surface area contributed by atoms with Gasteiger partial charge in [0.2, 0.25) is 6.08 Å². The second kappa shape index (κ2) is 6.21. The van der Waals surface area contributed by atoms with Gasteiger partial charge in [-0.05, 0) is 12.1 Å². The molecule has 0 aromatic heterocycles. The molecule has 0 bridgehead atoms. The lowest BCUT2D eigenvalue weighted by Gasteiger charge is -1.83. The van der Waals surface area contributed by atoms with E-state index in [4.69, 9.17) is 19.2 Å². The summed E-state index contributed by atoms with van der Waals surface area (Å²) in [6.07, 6.45) is 1.46. The Bertz CT molecular complexity index is 345. The highest BCUT2D eigenvalue weighted by atomic mass is 31.2. The van der Waals surface area contributed by atoms with Crippen molar-refractivity contribution in [2.45, 2.75) is 0 Å². The third-order valence-electron chi connectivity index (χ3n) is 0.931.